The van der Waals surface area contributed by atoms with Gasteiger partial charge in [0, 0.05) is 12.5 Å². The van der Waals surface area contributed by atoms with Crippen molar-refractivity contribution in [3.05, 3.63) is 0 Å². The monoisotopic (exact) mass is 184 g/mol. The fraction of sp³-hybridized carbons (Fsp3) is 0.900. The Hall–Kier alpha value is -0.570. The normalized spacial score (nSPS) is 19.5. The van der Waals surface area contributed by atoms with Gasteiger partial charge in [0.1, 0.15) is 0 Å². The number of carbonyl (C=O) groups is 1. The van der Waals surface area contributed by atoms with E-state index in [2.05, 4.69) is 5.32 Å². The van der Waals surface area contributed by atoms with Crippen molar-refractivity contribution in [1.29, 1.82) is 0 Å². The van der Waals surface area contributed by atoms with Gasteiger partial charge in [0.15, 0.2) is 0 Å². The van der Waals surface area contributed by atoms with E-state index in [1.165, 1.54) is 25.7 Å². The smallest absolute Gasteiger partial charge is 0.221 e. The largest absolute Gasteiger partial charge is 0.369 e. The molecule has 1 aliphatic carbocycles. The van der Waals surface area contributed by atoms with E-state index in [-0.39, 0.29) is 11.8 Å². The summed E-state index contributed by atoms with van der Waals surface area (Å²) in [6, 6.07) is 0. The predicted octanol–water partition coefficient (Wildman–Crippen LogP) is 0.888. The maximum Gasteiger partial charge on any atom is 0.221 e. The van der Waals surface area contributed by atoms with Crippen molar-refractivity contribution in [2.45, 2.75) is 32.6 Å². The first-order valence-electron chi connectivity index (χ1n) is 5.20. The maximum absolute atomic E-state index is 10.7. The Morgan fingerprint density at radius 1 is 1.62 bits per heavy atom. The molecule has 0 saturated heterocycles. The van der Waals surface area contributed by atoms with Crippen LogP contribution in [-0.2, 0) is 4.79 Å². The van der Waals surface area contributed by atoms with Crippen LogP contribution in [0.5, 0.6) is 0 Å². The molecule has 0 radical (unpaired) electrons. The van der Waals surface area contributed by atoms with Crippen molar-refractivity contribution in [2.75, 3.05) is 13.1 Å². The molecule has 3 N–H and O–H groups in total. The summed E-state index contributed by atoms with van der Waals surface area (Å²) in [6.45, 7) is 3.61. The van der Waals surface area contributed by atoms with Gasteiger partial charge in [-0.3, -0.25) is 4.79 Å². The number of hydrogen-bond acceptors (Lipinski definition) is 2. The number of primary amides is 1. The molecule has 0 aromatic heterocycles. The van der Waals surface area contributed by atoms with Crippen molar-refractivity contribution in [1.82, 2.24) is 5.32 Å². The summed E-state index contributed by atoms with van der Waals surface area (Å²) < 4.78 is 0. The molecule has 3 nitrogen and oxygen atoms in total. The molecular weight excluding hydrogens is 164 g/mol. The number of hydrogen-bond donors (Lipinski definition) is 2. The third kappa shape index (κ3) is 3.77. The highest BCUT2D eigenvalue weighted by Gasteiger charge is 2.16. The fourth-order valence-electron chi connectivity index (χ4n) is 1.51. The molecule has 0 bridgehead atoms. The molecule has 1 amide bonds. The lowest BCUT2D eigenvalue weighted by Gasteiger charge is -2.25. The van der Waals surface area contributed by atoms with Gasteiger partial charge >= 0.3 is 0 Å². The molecule has 3 heteroatoms. The molecule has 0 heterocycles. The minimum Gasteiger partial charge on any atom is -0.369 e. The Morgan fingerprint density at radius 2 is 2.31 bits per heavy atom. The third-order valence-corrected chi connectivity index (χ3v) is 2.89. The number of rotatable bonds is 6. The topological polar surface area (TPSA) is 55.1 Å². The van der Waals surface area contributed by atoms with Crippen LogP contribution in [0.3, 0.4) is 0 Å². The van der Waals surface area contributed by atoms with Crippen LogP contribution in [0, 0.1) is 11.8 Å². The van der Waals surface area contributed by atoms with Gasteiger partial charge in [0.05, 0.1) is 0 Å². The van der Waals surface area contributed by atoms with Crippen LogP contribution < -0.4 is 11.1 Å². The summed E-state index contributed by atoms with van der Waals surface area (Å²) in [6.07, 6.45) is 5.45. The van der Waals surface area contributed by atoms with Gasteiger partial charge in [-0.15, -0.1) is 0 Å². The fourth-order valence-corrected chi connectivity index (χ4v) is 1.51. The molecule has 0 aromatic rings. The number of amides is 1. The third-order valence-electron chi connectivity index (χ3n) is 2.89. The van der Waals surface area contributed by atoms with Crippen LogP contribution in [0.2, 0.25) is 0 Å². The lowest BCUT2D eigenvalue weighted by molar-refractivity contribution is -0.121. The highest BCUT2D eigenvalue weighted by atomic mass is 16.1. The Morgan fingerprint density at radius 3 is 2.77 bits per heavy atom. The minimum atomic E-state index is -0.212. The van der Waals surface area contributed by atoms with E-state index in [4.69, 9.17) is 5.73 Å². The Bertz CT molecular complexity index is 166. The van der Waals surface area contributed by atoms with E-state index in [1.807, 2.05) is 6.92 Å². The van der Waals surface area contributed by atoms with Crippen LogP contribution >= 0.6 is 0 Å². The summed E-state index contributed by atoms with van der Waals surface area (Å²) in [5.74, 6) is 0.689. The van der Waals surface area contributed by atoms with E-state index >= 15 is 0 Å². The molecule has 0 aromatic carbocycles. The Labute approximate surface area is 80.1 Å². The number of nitrogens with one attached hydrogen (secondary N) is 1. The highest BCUT2D eigenvalue weighted by Crippen LogP contribution is 2.28. The molecule has 13 heavy (non-hydrogen) atoms. The van der Waals surface area contributed by atoms with E-state index in [0.717, 1.165) is 19.0 Å². The molecule has 1 aliphatic rings. The summed E-state index contributed by atoms with van der Waals surface area (Å²) in [7, 11) is 0. The van der Waals surface area contributed by atoms with Gasteiger partial charge in [-0.1, -0.05) is 26.2 Å². The van der Waals surface area contributed by atoms with Crippen LogP contribution in [0.1, 0.15) is 32.6 Å². The zero-order valence-corrected chi connectivity index (χ0v) is 8.38. The van der Waals surface area contributed by atoms with Crippen molar-refractivity contribution in [2.24, 2.45) is 17.6 Å². The van der Waals surface area contributed by atoms with Gasteiger partial charge in [-0.25, -0.2) is 0 Å². The average molecular weight is 184 g/mol. The first-order valence-corrected chi connectivity index (χ1v) is 5.20. The molecule has 1 fully saturated rings. The maximum atomic E-state index is 10.7. The van der Waals surface area contributed by atoms with Gasteiger partial charge in [-0.05, 0) is 18.9 Å². The molecule has 0 aliphatic heterocycles. The molecular formula is C10H20N2O. The van der Waals surface area contributed by atoms with E-state index in [0.29, 0.717) is 0 Å². The van der Waals surface area contributed by atoms with Gasteiger partial charge in [0.2, 0.25) is 5.91 Å². The lowest BCUT2D eigenvalue weighted by atomic mass is 9.83. The first-order chi connectivity index (χ1) is 6.20. The Balaban J connectivity index is 1.90. The highest BCUT2D eigenvalue weighted by molar-refractivity contribution is 5.76. The predicted molar refractivity (Wildman–Crippen MR) is 53.2 cm³/mol. The van der Waals surface area contributed by atoms with Crippen LogP contribution in [0.4, 0.5) is 0 Å². The Kier molecular flexibility index (Phi) is 4.22. The summed E-state index contributed by atoms with van der Waals surface area (Å²) in [4.78, 5) is 10.7. The molecule has 1 unspecified atom stereocenters. The van der Waals surface area contributed by atoms with E-state index in [1.54, 1.807) is 0 Å². The van der Waals surface area contributed by atoms with Crippen LogP contribution in [0.15, 0.2) is 0 Å². The molecule has 0 spiro atoms. The van der Waals surface area contributed by atoms with Crippen LogP contribution in [-0.4, -0.2) is 19.0 Å². The number of carbonyl (C=O) groups excluding carboxylic acids is 1. The second-order valence-electron chi connectivity index (χ2n) is 4.09. The van der Waals surface area contributed by atoms with Crippen LogP contribution in [0.25, 0.3) is 0 Å². The standard InChI is InChI=1S/C10H20N2O/c1-8(10(11)13)7-12-6-5-9-3-2-4-9/h8-9,12H,2-7H2,1H3,(H2,11,13). The molecule has 1 rings (SSSR count). The minimum absolute atomic E-state index is 0.0404. The van der Waals surface area contributed by atoms with Gasteiger partial charge < -0.3 is 11.1 Å². The van der Waals surface area contributed by atoms with Gasteiger partial charge in [-0.2, -0.15) is 0 Å². The lowest BCUT2D eigenvalue weighted by Crippen LogP contribution is -2.32. The van der Waals surface area contributed by atoms with E-state index in [9.17, 15) is 4.79 Å². The molecule has 1 saturated carbocycles. The zero-order chi connectivity index (χ0) is 9.68. The van der Waals surface area contributed by atoms with Crippen molar-refractivity contribution in [3.63, 3.8) is 0 Å². The SMILES string of the molecule is CC(CNCCC1CCC1)C(N)=O. The van der Waals surface area contributed by atoms with Crippen molar-refractivity contribution >= 4 is 5.91 Å². The van der Waals surface area contributed by atoms with Crippen molar-refractivity contribution in [3.8, 4) is 0 Å². The second kappa shape index (κ2) is 5.22. The number of nitrogens with two attached hydrogens (primary N) is 1. The second-order valence-corrected chi connectivity index (χ2v) is 4.09. The van der Waals surface area contributed by atoms with Gasteiger partial charge in [0.25, 0.3) is 0 Å². The van der Waals surface area contributed by atoms with Crippen molar-refractivity contribution < 1.29 is 4.79 Å². The quantitative estimate of drug-likeness (QED) is 0.602. The average Bonchev–Trinajstić information content (AvgIpc) is 2.00. The summed E-state index contributed by atoms with van der Waals surface area (Å²) in [5.41, 5.74) is 5.14. The zero-order valence-electron chi connectivity index (χ0n) is 8.38. The first kappa shape index (κ1) is 10.5. The summed E-state index contributed by atoms with van der Waals surface area (Å²) in [5, 5.41) is 3.26. The molecule has 1 atom stereocenters. The molecule has 76 valence electrons. The summed E-state index contributed by atoms with van der Waals surface area (Å²) >= 11 is 0. The van der Waals surface area contributed by atoms with E-state index < -0.39 is 0 Å².